The Hall–Kier alpha value is -2.64. The lowest BCUT2D eigenvalue weighted by atomic mass is 10.0. The van der Waals surface area contributed by atoms with Crippen molar-refractivity contribution in [3.05, 3.63) is 119 Å². The summed E-state index contributed by atoms with van der Waals surface area (Å²) in [5.74, 6) is 0. The average Bonchev–Trinajstić information content (AvgIpc) is 3.05. The number of anilines is 2. The van der Waals surface area contributed by atoms with Gasteiger partial charge in [-0.25, -0.2) is 0 Å². The zero-order valence-corrected chi connectivity index (χ0v) is 29.9. The standard InChI is InChI=1S/C39H46N2S4/c1-3-5-7-9-15-32-17-11-13-19-36(32)44-38(42)40-34-25-21-30(22-26-34)29-31-23-27-35(28-24-31)41-39(43)45-37-20-14-12-18-33(37)16-10-8-6-4-2/h11-14,17-28H,3-10,15-16,29H2,1-2H3,(H,40,42)(H,41,43). The topological polar surface area (TPSA) is 24.1 Å². The molecule has 0 spiro atoms. The van der Waals surface area contributed by atoms with E-state index in [1.165, 1.54) is 83.4 Å². The van der Waals surface area contributed by atoms with E-state index in [1.54, 1.807) is 23.5 Å². The molecule has 0 fully saturated rings. The Labute approximate surface area is 290 Å². The van der Waals surface area contributed by atoms with Gasteiger partial charge in [-0.05, 0) is 90.8 Å². The minimum Gasteiger partial charge on any atom is -0.341 e. The second-order valence-electron chi connectivity index (χ2n) is 11.4. The molecular formula is C39H46N2S4. The summed E-state index contributed by atoms with van der Waals surface area (Å²) in [5.41, 5.74) is 7.34. The maximum atomic E-state index is 5.72. The van der Waals surface area contributed by atoms with Crippen molar-refractivity contribution in [3.63, 3.8) is 0 Å². The van der Waals surface area contributed by atoms with Crippen molar-refractivity contribution >= 4 is 68.0 Å². The number of nitrogens with one attached hydrogen (secondary N) is 2. The summed E-state index contributed by atoms with van der Waals surface area (Å²) in [5, 5.41) is 6.84. The summed E-state index contributed by atoms with van der Waals surface area (Å²) < 4.78 is 1.55. The minimum absolute atomic E-state index is 0.776. The Kier molecular flexibility index (Phi) is 15.5. The molecule has 45 heavy (non-hydrogen) atoms. The van der Waals surface area contributed by atoms with Crippen molar-refractivity contribution in [2.75, 3.05) is 10.6 Å². The van der Waals surface area contributed by atoms with Gasteiger partial charge in [0.1, 0.15) is 8.64 Å². The van der Waals surface area contributed by atoms with Crippen LogP contribution in [0.15, 0.2) is 107 Å². The molecule has 0 heterocycles. The molecule has 2 N–H and O–H groups in total. The van der Waals surface area contributed by atoms with Crippen molar-refractivity contribution < 1.29 is 0 Å². The summed E-state index contributed by atoms with van der Waals surface area (Å²) in [6, 6.07) is 34.5. The number of rotatable bonds is 16. The Morgan fingerprint density at radius 3 is 1.31 bits per heavy atom. The molecule has 0 bridgehead atoms. The van der Waals surface area contributed by atoms with Crippen LogP contribution in [-0.4, -0.2) is 8.64 Å². The molecule has 2 nitrogen and oxygen atoms in total. The molecule has 236 valence electrons. The molecular weight excluding hydrogens is 625 g/mol. The fourth-order valence-electron chi connectivity index (χ4n) is 5.24. The van der Waals surface area contributed by atoms with Crippen LogP contribution in [0.1, 0.15) is 87.5 Å². The van der Waals surface area contributed by atoms with Crippen molar-refractivity contribution in [2.24, 2.45) is 0 Å². The molecule has 4 aromatic rings. The minimum atomic E-state index is 0.776. The van der Waals surface area contributed by atoms with Crippen LogP contribution < -0.4 is 10.6 Å². The van der Waals surface area contributed by atoms with Crippen molar-refractivity contribution in [3.8, 4) is 0 Å². The first-order chi connectivity index (χ1) is 22.0. The lowest BCUT2D eigenvalue weighted by Gasteiger charge is -2.12. The van der Waals surface area contributed by atoms with Gasteiger partial charge in [-0.15, -0.1) is 0 Å². The Bertz CT molecular complexity index is 1370. The lowest BCUT2D eigenvalue weighted by molar-refractivity contribution is 0.663. The van der Waals surface area contributed by atoms with E-state index in [2.05, 4.69) is 122 Å². The Balaban J connectivity index is 1.24. The van der Waals surface area contributed by atoms with E-state index >= 15 is 0 Å². The van der Waals surface area contributed by atoms with Crippen LogP contribution in [0.25, 0.3) is 0 Å². The number of hydrogen-bond acceptors (Lipinski definition) is 4. The summed E-state index contributed by atoms with van der Waals surface area (Å²) in [6.07, 6.45) is 13.2. The van der Waals surface area contributed by atoms with E-state index in [0.29, 0.717) is 0 Å². The molecule has 0 aliphatic heterocycles. The van der Waals surface area contributed by atoms with E-state index in [9.17, 15) is 0 Å². The molecule has 0 aliphatic rings. The molecule has 0 saturated carbocycles. The van der Waals surface area contributed by atoms with Gasteiger partial charge in [-0.2, -0.15) is 0 Å². The van der Waals surface area contributed by atoms with Gasteiger partial charge >= 0.3 is 0 Å². The van der Waals surface area contributed by atoms with Gasteiger partial charge in [0.05, 0.1) is 0 Å². The zero-order valence-electron chi connectivity index (χ0n) is 26.6. The van der Waals surface area contributed by atoms with Crippen LogP contribution >= 0.6 is 48.0 Å². The number of hydrogen-bond donors (Lipinski definition) is 2. The lowest BCUT2D eigenvalue weighted by Crippen LogP contribution is -2.05. The maximum absolute atomic E-state index is 5.72. The molecule has 0 unspecified atom stereocenters. The number of unbranched alkanes of at least 4 members (excludes halogenated alkanes) is 6. The number of thiocarbonyl (C=S) groups is 2. The highest BCUT2D eigenvalue weighted by Gasteiger charge is 2.09. The van der Waals surface area contributed by atoms with E-state index in [0.717, 1.165) is 39.3 Å². The van der Waals surface area contributed by atoms with Crippen molar-refractivity contribution in [1.82, 2.24) is 0 Å². The first-order valence-electron chi connectivity index (χ1n) is 16.4. The van der Waals surface area contributed by atoms with E-state index < -0.39 is 0 Å². The zero-order chi connectivity index (χ0) is 31.7. The van der Waals surface area contributed by atoms with Gasteiger partial charge in [0.2, 0.25) is 0 Å². The predicted octanol–water partition coefficient (Wildman–Crippen LogP) is 12.5. The number of benzene rings is 4. The first-order valence-corrected chi connectivity index (χ1v) is 18.8. The largest absolute Gasteiger partial charge is 0.341 e. The summed E-state index contributed by atoms with van der Waals surface area (Å²) in [7, 11) is 0. The van der Waals surface area contributed by atoms with Crippen LogP contribution in [0.4, 0.5) is 11.4 Å². The van der Waals surface area contributed by atoms with E-state index in [4.69, 9.17) is 24.4 Å². The predicted molar refractivity (Wildman–Crippen MR) is 208 cm³/mol. The number of aryl methyl sites for hydroxylation is 2. The average molecular weight is 671 g/mol. The van der Waals surface area contributed by atoms with Gasteiger partial charge in [-0.1, -0.05) is 161 Å². The fourth-order valence-corrected chi connectivity index (χ4v) is 7.65. The third kappa shape index (κ3) is 12.6. The van der Waals surface area contributed by atoms with Crippen LogP contribution in [0, 0.1) is 0 Å². The van der Waals surface area contributed by atoms with Gasteiger partial charge in [0.25, 0.3) is 0 Å². The van der Waals surface area contributed by atoms with Gasteiger partial charge in [0.15, 0.2) is 0 Å². The maximum Gasteiger partial charge on any atom is 0.143 e. The van der Waals surface area contributed by atoms with Crippen molar-refractivity contribution in [1.29, 1.82) is 0 Å². The third-order valence-electron chi connectivity index (χ3n) is 7.76. The summed E-state index contributed by atoms with van der Waals surface area (Å²) in [6.45, 7) is 4.51. The second-order valence-corrected chi connectivity index (χ2v) is 14.9. The molecule has 4 aromatic carbocycles. The highest BCUT2D eigenvalue weighted by molar-refractivity contribution is 8.23. The fraction of sp³-hybridized carbons (Fsp3) is 0.333. The smallest absolute Gasteiger partial charge is 0.143 e. The SMILES string of the molecule is CCCCCCc1ccccc1SC(=S)Nc1ccc(Cc2ccc(NC(=S)Sc3ccccc3CCCCCC)cc2)cc1. The third-order valence-corrected chi connectivity index (χ3v) is 10.3. The van der Waals surface area contributed by atoms with Crippen LogP contribution in [0.3, 0.4) is 0 Å². The molecule has 0 aliphatic carbocycles. The summed E-state index contributed by atoms with van der Waals surface area (Å²) >= 11 is 14.7. The van der Waals surface area contributed by atoms with Crippen molar-refractivity contribution in [2.45, 2.75) is 94.3 Å². The quantitative estimate of drug-likeness (QED) is 0.0699. The summed E-state index contributed by atoms with van der Waals surface area (Å²) in [4.78, 5) is 2.51. The normalized spacial score (nSPS) is 10.9. The number of thioether (sulfide) groups is 2. The second kappa shape index (κ2) is 19.8. The Morgan fingerprint density at radius 2 is 0.911 bits per heavy atom. The highest BCUT2D eigenvalue weighted by atomic mass is 32.2. The van der Waals surface area contributed by atoms with E-state index in [-0.39, 0.29) is 0 Å². The Morgan fingerprint density at radius 1 is 0.511 bits per heavy atom. The molecule has 0 saturated heterocycles. The highest BCUT2D eigenvalue weighted by Crippen LogP contribution is 2.28. The van der Waals surface area contributed by atoms with Crippen LogP contribution in [0.5, 0.6) is 0 Å². The first kappa shape index (κ1) is 35.2. The van der Waals surface area contributed by atoms with Gasteiger partial charge in [-0.3, -0.25) is 0 Å². The molecule has 0 atom stereocenters. The molecule has 6 heteroatoms. The molecule has 0 aromatic heterocycles. The van der Waals surface area contributed by atoms with Gasteiger partial charge in [0, 0.05) is 21.2 Å². The van der Waals surface area contributed by atoms with Gasteiger partial charge < -0.3 is 10.6 Å². The van der Waals surface area contributed by atoms with Crippen LogP contribution in [0.2, 0.25) is 0 Å². The van der Waals surface area contributed by atoms with Crippen LogP contribution in [-0.2, 0) is 19.3 Å². The molecule has 0 amide bonds. The van der Waals surface area contributed by atoms with E-state index in [1.807, 2.05) is 0 Å². The molecule has 4 rings (SSSR count). The monoisotopic (exact) mass is 670 g/mol. The molecule has 0 radical (unpaired) electrons.